The van der Waals surface area contributed by atoms with E-state index in [9.17, 15) is 13.2 Å². The molecule has 2 aromatic heterocycles. The van der Waals surface area contributed by atoms with Crippen LogP contribution in [-0.2, 0) is 12.6 Å². The summed E-state index contributed by atoms with van der Waals surface area (Å²) >= 11 is 6.01. The smallest absolute Gasteiger partial charge is 0.338 e. The van der Waals surface area contributed by atoms with E-state index in [-0.39, 0.29) is 0 Å². The number of fused-ring (bicyclic) bond motifs is 3. The molecule has 0 N–H and O–H groups in total. The normalized spacial score (nSPS) is 16.7. The van der Waals surface area contributed by atoms with Gasteiger partial charge in [0.1, 0.15) is 0 Å². The summed E-state index contributed by atoms with van der Waals surface area (Å²) in [4.78, 5) is 11.0. The highest BCUT2D eigenvalue weighted by atomic mass is 35.5. The van der Waals surface area contributed by atoms with Crippen molar-refractivity contribution in [3.8, 4) is 0 Å². The molecule has 1 aromatic carbocycles. The molecule has 1 fully saturated rings. The summed E-state index contributed by atoms with van der Waals surface area (Å²) in [6, 6.07) is 3.52. The molecular formula is C16H16ClF3N6. The third-order valence-electron chi connectivity index (χ3n) is 4.45. The van der Waals surface area contributed by atoms with Crippen molar-refractivity contribution in [3.05, 3.63) is 29.6 Å². The van der Waals surface area contributed by atoms with E-state index in [1.807, 2.05) is 11.8 Å². The summed E-state index contributed by atoms with van der Waals surface area (Å²) < 4.78 is 42.6. The van der Waals surface area contributed by atoms with E-state index in [2.05, 4.69) is 15.1 Å². The SMILES string of the molecule is CCc1nc2c3cc(C(F)(F)F)ccc3nc(N3CCN(Cl)CC3)n2n1. The molecule has 0 unspecified atom stereocenters. The van der Waals surface area contributed by atoms with Crippen LogP contribution in [0.15, 0.2) is 18.2 Å². The van der Waals surface area contributed by atoms with E-state index in [4.69, 9.17) is 11.8 Å². The van der Waals surface area contributed by atoms with Crippen LogP contribution in [0.1, 0.15) is 18.3 Å². The molecule has 0 spiro atoms. The van der Waals surface area contributed by atoms with E-state index < -0.39 is 11.7 Å². The van der Waals surface area contributed by atoms with E-state index in [0.29, 0.717) is 60.9 Å². The Morgan fingerprint density at radius 3 is 2.50 bits per heavy atom. The van der Waals surface area contributed by atoms with Gasteiger partial charge in [0.05, 0.1) is 11.1 Å². The third kappa shape index (κ3) is 2.95. The number of aryl methyl sites for hydroxylation is 1. The molecular weight excluding hydrogens is 369 g/mol. The van der Waals surface area contributed by atoms with Gasteiger partial charge in [-0.3, -0.25) is 0 Å². The quantitative estimate of drug-likeness (QED) is 0.635. The first kappa shape index (κ1) is 17.3. The van der Waals surface area contributed by atoms with Crippen molar-refractivity contribution < 1.29 is 13.2 Å². The van der Waals surface area contributed by atoms with Gasteiger partial charge >= 0.3 is 6.18 Å². The second-order valence-electron chi connectivity index (χ2n) is 6.16. The van der Waals surface area contributed by atoms with Gasteiger partial charge < -0.3 is 4.90 Å². The van der Waals surface area contributed by atoms with Crippen molar-refractivity contribution in [1.29, 1.82) is 0 Å². The molecule has 0 saturated carbocycles. The minimum atomic E-state index is -4.42. The zero-order valence-electron chi connectivity index (χ0n) is 14.0. The van der Waals surface area contributed by atoms with Gasteiger partial charge in [-0.2, -0.15) is 17.7 Å². The molecule has 10 heteroatoms. The number of rotatable bonds is 2. The minimum absolute atomic E-state index is 0.340. The number of hydrogen-bond acceptors (Lipinski definition) is 5. The molecule has 1 aliphatic heterocycles. The summed E-state index contributed by atoms with van der Waals surface area (Å²) in [5.41, 5.74) is 0.128. The molecule has 3 heterocycles. The van der Waals surface area contributed by atoms with Crippen molar-refractivity contribution >= 4 is 34.3 Å². The minimum Gasteiger partial charge on any atom is -0.338 e. The first-order valence-electron chi connectivity index (χ1n) is 8.29. The lowest BCUT2D eigenvalue weighted by atomic mass is 10.1. The molecule has 0 amide bonds. The Morgan fingerprint density at radius 2 is 1.85 bits per heavy atom. The summed E-state index contributed by atoms with van der Waals surface area (Å²) in [5, 5.41) is 4.78. The number of piperazine rings is 1. The average molecular weight is 385 g/mol. The molecule has 0 atom stereocenters. The average Bonchev–Trinajstić information content (AvgIpc) is 3.05. The Kier molecular flexibility index (Phi) is 4.15. The van der Waals surface area contributed by atoms with Gasteiger partial charge in [0.2, 0.25) is 5.95 Å². The third-order valence-corrected chi connectivity index (χ3v) is 4.79. The van der Waals surface area contributed by atoms with Crippen LogP contribution in [0.5, 0.6) is 0 Å². The molecule has 0 aliphatic carbocycles. The fourth-order valence-corrected chi connectivity index (χ4v) is 3.20. The van der Waals surface area contributed by atoms with Gasteiger partial charge in [-0.15, -0.1) is 5.10 Å². The maximum Gasteiger partial charge on any atom is 0.416 e. The van der Waals surface area contributed by atoms with Crippen LogP contribution >= 0.6 is 11.8 Å². The number of halogens is 4. The van der Waals surface area contributed by atoms with E-state index in [1.54, 1.807) is 8.93 Å². The maximum absolute atomic E-state index is 13.1. The van der Waals surface area contributed by atoms with Crippen molar-refractivity contribution in [1.82, 2.24) is 24.0 Å². The zero-order chi connectivity index (χ0) is 18.5. The lowest BCUT2D eigenvalue weighted by Gasteiger charge is -2.31. The van der Waals surface area contributed by atoms with Crippen molar-refractivity contribution in [2.75, 3.05) is 31.1 Å². The van der Waals surface area contributed by atoms with Gasteiger partial charge in [0, 0.05) is 38.0 Å². The Bertz CT molecular complexity index is 962. The van der Waals surface area contributed by atoms with Gasteiger partial charge in [-0.1, -0.05) is 6.92 Å². The van der Waals surface area contributed by atoms with Gasteiger partial charge in [-0.05, 0) is 30.0 Å². The fourth-order valence-electron chi connectivity index (χ4n) is 3.05. The molecule has 1 aliphatic rings. The standard InChI is InChI=1S/C16H16ClF3N6/c1-2-13-22-14-11-9-10(16(18,19)20)3-4-12(11)21-15(26(14)23-13)24-5-7-25(17)8-6-24/h3-4,9H,2,5-8H2,1H3. The predicted octanol–water partition coefficient (Wildman–Crippen LogP) is 3.13. The second kappa shape index (κ2) is 6.24. The summed E-state index contributed by atoms with van der Waals surface area (Å²) in [6.07, 6.45) is -3.84. The highest BCUT2D eigenvalue weighted by Gasteiger charge is 2.31. The molecule has 0 radical (unpaired) electrons. The van der Waals surface area contributed by atoms with Crippen LogP contribution in [0.2, 0.25) is 0 Å². The summed E-state index contributed by atoms with van der Waals surface area (Å²) in [6.45, 7) is 4.52. The van der Waals surface area contributed by atoms with Crippen LogP contribution in [0.4, 0.5) is 19.1 Å². The van der Waals surface area contributed by atoms with E-state index >= 15 is 0 Å². The topological polar surface area (TPSA) is 49.6 Å². The van der Waals surface area contributed by atoms with E-state index in [0.717, 1.165) is 12.1 Å². The number of aromatic nitrogens is 4. The van der Waals surface area contributed by atoms with Crippen LogP contribution in [0, 0.1) is 0 Å². The molecule has 6 nitrogen and oxygen atoms in total. The predicted molar refractivity (Wildman–Crippen MR) is 92.3 cm³/mol. The molecule has 4 rings (SSSR count). The van der Waals surface area contributed by atoms with Gasteiger partial charge in [0.25, 0.3) is 0 Å². The molecule has 26 heavy (non-hydrogen) atoms. The molecule has 0 bridgehead atoms. The number of hydrogen-bond donors (Lipinski definition) is 0. The maximum atomic E-state index is 13.1. The highest BCUT2D eigenvalue weighted by molar-refractivity contribution is 6.13. The van der Waals surface area contributed by atoms with Gasteiger partial charge in [-0.25, -0.2) is 14.4 Å². The lowest BCUT2D eigenvalue weighted by Crippen LogP contribution is -2.43. The Hall–Kier alpha value is -2.13. The Labute approximate surface area is 152 Å². The van der Waals surface area contributed by atoms with Crippen LogP contribution in [0.3, 0.4) is 0 Å². The second-order valence-corrected chi connectivity index (χ2v) is 6.63. The van der Waals surface area contributed by atoms with Gasteiger partial charge in [0.15, 0.2) is 11.5 Å². The number of alkyl halides is 3. The summed E-state index contributed by atoms with van der Waals surface area (Å²) in [5.74, 6) is 1.14. The largest absolute Gasteiger partial charge is 0.416 e. The van der Waals surface area contributed by atoms with E-state index in [1.165, 1.54) is 6.07 Å². The lowest BCUT2D eigenvalue weighted by molar-refractivity contribution is -0.137. The van der Waals surface area contributed by atoms with Crippen molar-refractivity contribution in [3.63, 3.8) is 0 Å². The molecule has 3 aromatic rings. The van der Waals surface area contributed by atoms with Crippen LogP contribution < -0.4 is 4.90 Å². The van der Waals surface area contributed by atoms with Crippen LogP contribution in [-0.4, -0.2) is 50.2 Å². The molecule has 1 saturated heterocycles. The zero-order valence-corrected chi connectivity index (χ0v) is 14.7. The highest BCUT2D eigenvalue weighted by Crippen LogP contribution is 2.33. The number of nitrogens with zero attached hydrogens (tertiary/aromatic N) is 6. The van der Waals surface area contributed by atoms with Crippen molar-refractivity contribution in [2.45, 2.75) is 19.5 Å². The summed E-state index contributed by atoms with van der Waals surface area (Å²) in [7, 11) is 0. The fraction of sp³-hybridized carbons (Fsp3) is 0.438. The first-order chi connectivity index (χ1) is 12.4. The monoisotopic (exact) mass is 384 g/mol. The molecule has 138 valence electrons. The number of anilines is 1. The Balaban J connectivity index is 1.93. The van der Waals surface area contributed by atoms with Crippen LogP contribution in [0.25, 0.3) is 16.6 Å². The number of benzene rings is 1. The first-order valence-corrected chi connectivity index (χ1v) is 8.63. The van der Waals surface area contributed by atoms with Crippen molar-refractivity contribution in [2.24, 2.45) is 0 Å². The Morgan fingerprint density at radius 1 is 1.12 bits per heavy atom.